The maximum atomic E-state index is 11.7. The molecule has 0 aliphatic rings. The number of rotatable bonds is 5. The predicted octanol–water partition coefficient (Wildman–Crippen LogP) is 3.05. The smallest absolute Gasteiger partial charge is 0.250 e. The molecule has 0 spiro atoms. The van der Waals surface area contributed by atoms with Crippen molar-refractivity contribution in [2.24, 2.45) is 5.73 Å². The number of primary amides is 1. The first-order valence-corrected chi connectivity index (χ1v) is 7.08. The Morgan fingerprint density at radius 2 is 1.90 bits per heavy atom. The molecule has 4 nitrogen and oxygen atoms in total. The molecule has 1 amide bonds. The number of nitrogens with two attached hydrogens (primary N) is 2. The van der Waals surface area contributed by atoms with Crippen LogP contribution in [0, 0.1) is 0 Å². The molecule has 5 heteroatoms. The Morgan fingerprint density at radius 3 is 2.48 bits per heavy atom. The highest BCUT2D eigenvalue weighted by molar-refractivity contribution is 6.34. The summed E-state index contributed by atoms with van der Waals surface area (Å²) in [6.45, 7) is 3.33. The van der Waals surface area contributed by atoms with Crippen LogP contribution < -0.4 is 16.4 Å². The summed E-state index contributed by atoms with van der Waals surface area (Å²) in [5.74, 6) is -0.536. The molecular formula is C16H18ClN3O. The van der Waals surface area contributed by atoms with Crippen LogP contribution in [0.25, 0.3) is 0 Å². The lowest BCUT2D eigenvalue weighted by molar-refractivity contribution is 0.100. The second-order valence-electron chi connectivity index (χ2n) is 4.76. The van der Waals surface area contributed by atoms with Crippen molar-refractivity contribution < 1.29 is 4.79 Å². The molecule has 0 bridgehead atoms. The second kappa shape index (κ2) is 6.50. The van der Waals surface area contributed by atoms with Gasteiger partial charge < -0.3 is 16.4 Å². The number of nitrogens with zero attached hydrogens (tertiary/aromatic N) is 1. The largest absolute Gasteiger partial charge is 0.399 e. The third-order valence-electron chi connectivity index (χ3n) is 3.27. The van der Waals surface area contributed by atoms with E-state index in [0.717, 1.165) is 5.56 Å². The van der Waals surface area contributed by atoms with Crippen molar-refractivity contribution in [3.05, 3.63) is 58.6 Å². The minimum absolute atomic E-state index is 0.345. The van der Waals surface area contributed by atoms with Gasteiger partial charge in [0.1, 0.15) is 0 Å². The Bertz CT molecular complexity index is 643. The molecule has 2 rings (SSSR count). The zero-order valence-electron chi connectivity index (χ0n) is 11.8. The van der Waals surface area contributed by atoms with E-state index in [1.165, 1.54) is 0 Å². The summed E-state index contributed by atoms with van der Waals surface area (Å²) in [6.07, 6.45) is 0. The van der Waals surface area contributed by atoms with E-state index in [4.69, 9.17) is 23.1 Å². The Morgan fingerprint density at radius 1 is 1.24 bits per heavy atom. The van der Waals surface area contributed by atoms with Crippen molar-refractivity contribution in [3.63, 3.8) is 0 Å². The van der Waals surface area contributed by atoms with Crippen LogP contribution in [0.15, 0.2) is 42.5 Å². The lowest BCUT2D eigenvalue weighted by atomic mass is 10.1. The van der Waals surface area contributed by atoms with Gasteiger partial charge in [-0.05, 0) is 24.6 Å². The molecule has 0 saturated carbocycles. The molecule has 0 aromatic heterocycles. The molecule has 110 valence electrons. The number of nitrogen functional groups attached to an aromatic ring is 1. The monoisotopic (exact) mass is 303 g/mol. The average molecular weight is 304 g/mol. The number of carbonyl (C=O) groups excluding carboxylic acids is 1. The molecule has 4 N–H and O–H groups in total. The van der Waals surface area contributed by atoms with E-state index in [1.54, 1.807) is 12.1 Å². The molecule has 0 unspecified atom stereocenters. The fourth-order valence-corrected chi connectivity index (χ4v) is 2.63. The van der Waals surface area contributed by atoms with Crippen LogP contribution in [0.1, 0.15) is 22.8 Å². The van der Waals surface area contributed by atoms with Gasteiger partial charge in [0, 0.05) is 18.8 Å². The van der Waals surface area contributed by atoms with Crippen LogP contribution in [0.2, 0.25) is 5.02 Å². The van der Waals surface area contributed by atoms with E-state index in [2.05, 4.69) is 0 Å². The van der Waals surface area contributed by atoms with Gasteiger partial charge in [-0.3, -0.25) is 4.79 Å². The number of benzene rings is 2. The van der Waals surface area contributed by atoms with E-state index < -0.39 is 5.91 Å². The molecule has 21 heavy (non-hydrogen) atoms. The number of amides is 1. The van der Waals surface area contributed by atoms with Gasteiger partial charge in [0.15, 0.2) is 0 Å². The highest BCUT2D eigenvalue weighted by Crippen LogP contribution is 2.33. The topological polar surface area (TPSA) is 72.3 Å². The van der Waals surface area contributed by atoms with E-state index >= 15 is 0 Å². The minimum atomic E-state index is -0.536. The Balaban J connectivity index is 2.44. The normalized spacial score (nSPS) is 10.4. The predicted molar refractivity (Wildman–Crippen MR) is 87.5 cm³/mol. The number of hydrogen-bond acceptors (Lipinski definition) is 3. The fraction of sp³-hybridized carbons (Fsp3) is 0.188. The Kier molecular flexibility index (Phi) is 4.70. The van der Waals surface area contributed by atoms with Gasteiger partial charge in [-0.25, -0.2) is 0 Å². The van der Waals surface area contributed by atoms with Crippen molar-refractivity contribution in [2.75, 3.05) is 17.2 Å². The standard InChI is InChI=1S/C16H18ClN3O/c1-2-20(10-11-6-4-3-5-7-11)15-13(16(19)21)8-12(18)9-14(15)17/h3-9H,2,10,18H2,1H3,(H2,19,21). The van der Waals surface area contributed by atoms with Crippen molar-refractivity contribution in [3.8, 4) is 0 Å². The van der Waals surface area contributed by atoms with Crippen LogP contribution in [0.4, 0.5) is 11.4 Å². The molecule has 0 radical (unpaired) electrons. The first-order valence-electron chi connectivity index (χ1n) is 6.70. The van der Waals surface area contributed by atoms with E-state index in [1.807, 2.05) is 42.2 Å². The summed E-state index contributed by atoms with van der Waals surface area (Å²) in [6, 6.07) is 13.2. The summed E-state index contributed by atoms with van der Waals surface area (Å²) in [7, 11) is 0. The second-order valence-corrected chi connectivity index (χ2v) is 5.17. The first-order chi connectivity index (χ1) is 10.0. The SMILES string of the molecule is CCN(Cc1ccccc1)c1c(Cl)cc(N)cc1C(N)=O. The Labute approximate surface area is 129 Å². The minimum Gasteiger partial charge on any atom is -0.399 e. The van der Waals surface area contributed by atoms with E-state index in [0.29, 0.717) is 35.1 Å². The first kappa shape index (κ1) is 15.2. The molecule has 0 heterocycles. The zero-order valence-corrected chi connectivity index (χ0v) is 12.6. The molecule has 0 aliphatic heterocycles. The van der Waals surface area contributed by atoms with Crippen molar-refractivity contribution in [1.82, 2.24) is 0 Å². The molecule has 0 fully saturated rings. The summed E-state index contributed by atoms with van der Waals surface area (Å²) in [4.78, 5) is 13.7. The van der Waals surface area contributed by atoms with Gasteiger partial charge in [-0.2, -0.15) is 0 Å². The van der Waals surface area contributed by atoms with Crippen molar-refractivity contribution >= 4 is 28.9 Å². The number of anilines is 2. The van der Waals surface area contributed by atoms with Gasteiger partial charge in [0.2, 0.25) is 0 Å². The van der Waals surface area contributed by atoms with Crippen LogP contribution in [0.3, 0.4) is 0 Å². The summed E-state index contributed by atoms with van der Waals surface area (Å²) >= 11 is 6.29. The number of halogens is 1. The highest BCUT2D eigenvalue weighted by atomic mass is 35.5. The van der Waals surface area contributed by atoms with E-state index in [9.17, 15) is 4.79 Å². The van der Waals surface area contributed by atoms with Gasteiger partial charge in [-0.15, -0.1) is 0 Å². The van der Waals surface area contributed by atoms with Gasteiger partial charge >= 0.3 is 0 Å². The zero-order chi connectivity index (χ0) is 15.4. The number of hydrogen-bond donors (Lipinski definition) is 2. The fourth-order valence-electron chi connectivity index (χ4n) is 2.28. The molecule has 2 aromatic carbocycles. The molecule has 0 atom stereocenters. The van der Waals surface area contributed by atoms with Crippen molar-refractivity contribution in [2.45, 2.75) is 13.5 Å². The molecule has 0 aliphatic carbocycles. The highest BCUT2D eigenvalue weighted by Gasteiger charge is 2.18. The summed E-state index contributed by atoms with van der Waals surface area (Å²) in [5, 5.41) is 0.432. The Hall–Kier alpha value is -2.20. The van der Waals surface area contributed by atoms with Gasteiger partial charge in [0.25, 0.3) is 5.91 Å². The van der Waals surface area contributed by atoms with Crippen LogP contribution in [-0.2, 0) is 6.54 Å². The maximum Gasteiger partial charge on any atom is 0.250 e. The van der Waals surface area contributed by atoms with Gasteiger partial charge in [-0.1, -0.05) is 41.9 Å². The van der Waals surface area contributed by atoms with Crippen LogP contribution in [0.5, 0.6) is 0 Å². The van der Waals surface area contributed by atoms with Gasteiger partial charge in [0.05, 0.1) is 16.3 Å². The third-order valence-corrected chi connectivity index (χ3v) is 3.55. The third kappa shape index (κ3) is 3.47. The quantitative estimate of drug-likeness (QED) is 0.834. The van der Waals surface area contributed by atoms with Crippen LogP contribution >= 0.6 is 11.6 Å². The van der Waals surface area contributed by atoms with E-state index in [-0.39, 0.29) is 0 Å². The number of carbonyl (C=O) groups is 1. The maximum absolute atomic E-state index is 11.7. The average Bonchev–Trinajstić information content (AvgIpc) is 2.45. The summed E-state index contributed by atoms with van der Waals surface area (Å²) < 4.78 is 0. The molecule has 0 saturated heterocycles. The molecular weight excluding hydrogens is 286 g/mol. The van der Waals surface area contributed by atoms with Crippen molar-refractivity contribution in [1.29, 1.82) is 0 Å². The van der Waals surface area contributed by atoms with Crippen LogP contribution in [-0.4, -0.2) is 12.5 Å². The summed E-state index contributed by atoms with van der Waals surface area (Å²) in [5.41, 5.74) is 13.7. The lowest BCUT2D eigenvalue weighted by Gasteiger charge is -2.26. The lowest BCUT2D eigenvalue weighted by Crippen LogP contribution is -2.26. The molecule has 2 aromatic rings.